The molecule has 0 unspecified atom stereocenters. The lowest BCUT2D eigenvalue weighted by atomic mass is 10.4. The second-order valence-electron chi connectivity index (χ2n) is 8.43. The number of carboxylic acids is 6. The van der Waals surface area contributed by atoms with Gasteiger partial charge < -0.3 is 60.5 Å². The minimum absolute atomic E-state index is 0.101. The van der Waals surface area contributed by atoms with E-state index in [0.29, 0.717) is 0 Å². The lowest BCUT2D eigenvalue weighted by Crippen LogP contribution is -2.61. The maximum Gasteiger partial charge on any atom is 0.365 e. The van der Waals surface area contributed by atoms with E-state index in [9.17, 15) is 28.8 Å². The Kier molecular flexibility index (Phi) is 32.1. The summed E-state index contributed by atoms with van der Waals surface area (Å²) >= 11 is 0. The zero-order valence-electron chi connectivity index (χ0n) is 26.4. The summed E-state index contributed by atoms with van der Waals surface area (Å²) in [4.78, 5) is 57.6. The quantitative estimate of drug-likeness (QED) is 0.140. The summed E-state index contributed by atoms with van der Waals surface area (Å²) in [6, 6.07) is 0. The summed E-state index contributed by atoms with van der Waals surface area (Å²) < 4.78 is 8.33. The topological polar surface area (TPSA) is 323 Å². The van der Waals surface area contributed by atoms with Crippen molar-refractivity contribution in [3.8, 4) is 0 Å². The third-order valence-electron chi connectivity index (χ3n) is 3.30. The van der Waals surface area contributed by atoms with E-state index in [-0.39, 0.29) is 46.7 Å². The first kappa shape index (κ1) is 53.6. The van der Waals surface area contributed by atoms with E-state index >= 15 is 0 Å². The number of ether oxygens (including phenoxy) is 2. The van der Waals surface area contributed by atoms with Crippen LogP contribution in [0.3, 0.4) is 0 Å². The Hall–Kier alpha value is -4.98. The average Bonchev–Trinajstić information content (AvgIpc) is 2.87. The van der Waals surface area contributed by atoms with Crippen LogP contribution in [0.5, 0.6) is 0 Å². The van der Waals surface area contributed by atoms with E-state index in [2.05, 4.69) is 48.9 Å². The van der Waals surface area contributed by atoms with Gasteiger partial charge in [-0.2, -0.15) is 0 Å². The summed E-state index contributed by atoms with van der Waals surface area (Å²) in [5, 5.41) is 81.8. The number of hydrogen-bond donors (Lipinski definition) is 10. The molecule has 1 rings (SSSR count). The molecule has 0 aromatic rings. The lowest BCUT2D eigenvalue weighted by molar-refractivity contribution is -0.551. The molecule has 264 valence electrons. The van der Waals surface area contributed by atoms with E-state index in [1.54, 1.807) is 0 Å². The molecule has 0 aliphatic carbocycles. The molecule has 0 bridgehead atoms. The van der Waals surface area contributed by atoms with Gasteiger partial charge >= 0.3 is 47.8 Å². The second kappa shape index (κ2) is 27.6. The number of rotatable bonds is 6. The fourth-order valence-corrected chi connectivity index (χ4v) is 0.556. The molecule has 18 nitrogen and oxygen atoms in total. The molecule has 10 N–H and O–H groups in total. The summed E-state index contributed by atoms with van der Waals surface area (Å²) in [5.74, 6) is -11.7. The predicted molar refractivity (Wildman–Crippen MR) is 161 cm³/mol. The zero-order valence-corrected chi connectivity index (χ0v) is 26.4. The highest BCUT2D eigenvalue weighted by Gasteiger charge is 2.53. The minimum Gasteiger partial charge on any atom is -0.478 e. The van der Waals surface area contributed by atoms with E-state index in [0.717, 1.165) is 0 Å². The largest absolute Gasteiger partial charge is 0.478 e. The highest BCUT2D eigenvalue weighted by atomic mass is 16.9. The molecular weight excluding hydrogens is 624 g/mol. The van der Waals surface area contributed by atoms with Gasteiger partial charge in [-0.15, -0.1) is 0 Å². The van der Waals surface area contributed by atoms with Crippen molar-refractivity contribution in [2.45, 2.75) is 53.5 Å². The Balaban J connectivity index is -0.000000103. The molecule has 0 saturated carbocycles. The van der Waals surface area contributed by atoms with E-state index in [1.807, 2.05) is 0 Å². The molecule has 0 spiro atoms. The van der Waals surface area contributed by atoms with Crippen molar-refractivity contribution in [1.82, 2.24) is 0 Å². The molecule has 0 amide bonds. The first-order valence-corrected chi connectivity index (χ1v) is 11.8. The van der Waals surface area contributed by atoms with Crippen LogP contribution in [0, 0.1) is 0 Å². The molecule has 1 heterocycles. The second-order valence-corrected chi connectivity index (χ2v) is 8.43. The zero-order chi connectivity index (χ0) is 38.8. The van der Waals surface area contributed by atoms with Crippen LogP contribution in [0.15, 0.2) is 72.9 Å². The van der Waals surface area contributed by atoms with Crippen molar-refractivity contribution in [2.75, 3.05) is 13.2 Å². The maximum atomic E-state index is 9.60. The summed E-state index contributed by atoms with van der Waals surface area (Å²) in [6.07, 6.45) is 0. The Labute approximate surface area is 265 Å². The first-order valence-electron chi connectivity index (χ1n) is 11.8. The van der Waals surface area contributed by atoms with Crippen LogP contribution in [0.1, 0.15) is 41.5 Å². The number of carboxylic acid groups (broad SMARTS) is 6. The molecule has 1 fully saturated rings. The molecule has 0 aromatic heterocycles. The fourth-order valence-electron chi connectivity index (χ4n) is 0.556. The lowest BCUT2D eigenvalue weighted by Gasteiger charge is -2.36. The Morgan fingerprint density at radius 1 is 0.391 bits per heavy atom. The van der Waals surface area contributed by atoms with Crippen LogP contribution < -0.4 is 0 Å². The standard InChI is InChI=1S/C4H8O6.6C4H6O2/c5-3(6)4(7,8)10-2-1-9-3;6*1-3(2)4(5)6/h5-8H,1-2H2;6*1H2,2H3,(H,5,6). The van der Waals surface area contributed by atoms with Gasteiger partial charge in [0.05, 0.1) is 13.2 Å². The smallest absolute Gasteiger partial charge is 0.365 e. The summed E-state index contributed by atoms with van der Waals surface area (Å²) in [7, 11) is 0. The van der Waals surface area contributed by atoms with Crippen molar-refractivity contribution in [2.24, 2.45) is 0 Å². The third-order valence-corrected chi connectivity index (χ3v) is 3.30. The van der Waals surface area contributed by atoms with Gasteiger partial charge in [-0.3, -0.25) is 0 Å². The number of carbonyl (C=O) groups is 6. The molecule has 0 radical (unpaired) electrons. The molecule has 46 heavy (non-hydrogen) atoms. The first-order chi connectivity index (χ1) is 20.3. The van der Waals surface area contributed by atoms with Crippen LogP contribution >= 0.6 is 0 Å². The van der Waals surface area contributed by atoms with Gasteiger partial charge in [-0.05, 0) is 41.5 Å². The number of aliphatic carboxylic acids is 6. The molecule has 1 saturated heterocycles. The van der Waals surface area contributed by atoms with Gasteiger partial charge in [-0.25, -0.2) is 28.8 Å². The van der Waals surface area contributed by atoms with E-state index in [1.165, 1.54) is 41.5 Å². The molecular formula is C28H44O18. The van der Waals surface area contributed by atoms with Crippen LogP contribution in [-0.4, -0.2) is 112 Å². The van der Waals surface area contributed by atoms with Gasteiger partial charge in [-0.1, -0.05) is 39.5 Å². The van der Waals surface area contributed by atoms with Crippen LogP contribution in [0.4, 0.5) is 0 Å². The van der Waals surface area contributed by atoms with E-state index in [4.69, 9.17) is 51.1 Å². The molecule has 1 aliphatic rings. The van der Waals surface area contributed by atoms with Crippen molar-refractivity contribution >= 4 is 35.8 Å². The highest BCUT2D eigenvalue weighted by molar-refractivity contribution is 5.86. The number of hydrogen-bond acceptors (Lipinski definition) is 12. The monoisotopic (exact) mass is 668 g/mol. The maximum absolute atomic E-state index is 9.60. The van der Waals surface area contributed by atoms with Crippen LogP contribution in [0.2, 0.25) is 0 Å². The van der Waals surface area contributed by atoms with Crippen molar-refractivity contribution < 1.29 is 89.3 Å². The summed E-state index contributed by atoms with van der Waals surface area (Å²) in [5.41, 5.74) is 1.06. The van der Waals surface area contributed by atoms with E-state index < -0.39 is 47.8 Å². The highest BCUT2D eigenvalue weighted by Crippen LogP contribution is 2.23. The Bertz CT molecular complexity index is 851. The SMILES string of the molecule is C=C(C)C(=O)O.C=C(C)C(=O)O.C=C(C)C(=O)O.C=C(C)C(=O)O.C=C(C)C(=O)O.C=C(C)C(=O)O.OC1(O)OCCOC1(O)O. The van der Waals surface area contributed by atoms with Crippen molar-refractivity contribution in [3.63, 3.8) is 0 Å². The Morgan fingerprint density at radius 2 is 0.478 bits per heavy atom. The number of aliphatic hydroxyl groups is 4. The summed E-state index contributed by atoms with van der Waals surface area (Å²) in [6.45, 7) is 27.4. The normalized spacial score (nSPS) is 12.4. The molecule has 1 aliphatic heterocycles. The van der Waals surface area contributed by atoms with Gasteiger partial charge in [0, 0.05) is 33.4 Å². The van der Waals surface area contributed by atoms with Crippen LogP contribution in [-0.2, 0) is 38.2 Å². The third kappa shape index (κ3) is 41.2. The van der Waals surface area contributed by atoms with Gasteiger partial charge in [0.1, 0.15) is 0 Å². The fraction of sp³-hybridized carbons (Fsp3) is 0.357. The minimum atomic E-state index is -3.04. The van der Waals surface area contributed by atoms with Crippen LogP contribution in [0.25, 0.3) is 0 Å². The van der Waals surface area contributed by atoms with Crippen molar-refractivity contribution in [1.29, 1.82) is 0 Å². The van der Waals surface area contributed by atoms with Gasteiger partial charge in [0.25, 0.3) is 0 Å². The van der Waals surface area contributed by atoms with Gasteiger partial charge in [0.15, 0.2) is 0 Å². The predicted octanol–water partition coefficient (Wildman–Crippen LogP) is 1.19. The Morgan fingerprint density at radius 3 is 0.522 bits per heavy atom. The molecule has 0 aromatic carbocycles. The average molecular weight is 669 g/mol. The molecule has 0 atom stereocenters. The van der Waals surface area contributed by atoms with Crippen molar-refractivity contribution in [3.05, 3.63) is 72.9 Å². The van der Waals surface area contributed by atoms with Gasteiger partial charge in [0.2, 0.25) is 0 Å². The molecule has 18 heteroatoms.